The van der Waals surface area contributed by atoms with Gasteiger partial charge in [0, 0.05) is 17.0 Å². The molecule has 3 N–H and O–H groups in total. The molecule has 0 heterocycles. The van der Waals surface area contributed by atoms with E-state index in [1.54, 1.807) is 0 Å². The number of rotatable bonds is 5. The quantitative estimate of drug-likeness (QED) is 0.892. The normalized spacial score (nSPS) is 20.2. The van der Waals surface area contributed by atoms with Crippen LogP contribution in [0.25, 0.3) is 11.1 Å². The van der Waals surface area contributed by atoms with Crippen LogP contribution >= 0.6 is 11.6 Å². The SMILES string of the molecule is NC(=O)CNC1CC1c1ccc(-c2ccccc2)cc1Cl. The van der Waals surface area contributed by atoms with E-state index in [-0.39, 0.29) is 12.5 Å². The highest BCUT2D eigenvalue weighted by atomic mass is 35.5. The fraction of sp³-hybridized carbons (Fsp3) is 0.235. The van der Waals surface area contributed by atoms with E-state index in [2.05, 4.69) is 29.6 Å². The van der Waals surface area contributed by atoms with E-state index in [9.17, 15) is 4.79 Å². The Morgan fingerprint density at radius 2 is 1.95 bits per heavy atom. The largest absolute Gasteiger partial charge is 0.369 e. The van der Waals surface area contributed by atoms with E-state index in [1.807, 2.05) is 24.3 Å². The van der Waals surface area contributed by atoms with E-state index in [1.165, 1.54) is 0 Å². The molecule has 2 aromatic rings. The van der Waals surface area contributed by atoms with Gasteiger partial charge in [-0.25, -0.2) is 0 Å². The second-order valence-electron chi connectivity index (χ2n) is 5.40. The predicted molar refractivity (Wildman–Crippen MR) is 85.2 cm³/mol. The maximum Gasteiger partial charge on any atom is 0.231 e. The Morgan fingerprint density at radius 1 is 1.19 bits per heavy atom. The summed E-state index contributed by atoms with van der Waals surface area (Å²) in [5, 5.41) is 3.93. The lowest BCUT2D eigenvalue weighted by Gasteiger charge is -2.08. The fourth-order valence-corrected chi connectivity index (χ4v) is 2.95. The minimum absolute atomic E-state index is 0.223. The lowest BCUT2D eigenvalue weighted by molar-refractivity contribution is -0.117. The van der Waals surface area contributed by atoms with Crippen LogP contribution in [0.5, 0.6) is 0 Å². The number of nitrogens with one attached hydrogen (secondary N) is 1. The van der Waals surface area contributed by atoms with Gasteiger partial charge in [0.25, 0.3) is 0 Å². The summed E-state index contributed by atoms with van der Waals surface area (Å²) < 4.78 is 0. The molecule has 2 atom stereocenters. The van der Waals surface area contributed by atoms with E-state index in [4.69, 9.17) is 17.3 Å². The molecule has 3 rings (SSSR count). The first-order chi connectivity index (χ1) is 10.1. The van der Waals surface area contributed by atoms with Crippen molar-refractivity contribution < 1.29 is 4.79 Å². The van der Waals surface area contributed by atoms with Crippen molar-refractivity contribution in [3.8, 4) is 11.1 Å². The molecule has 3 nitrogen and oxygen atoms in total. The van der Waals surface area contributed by atoms with Crippen LogP contribution in [0.15, 0.2) is 48.5 Å². The van der Waals surface area contributed by atoms with Crippen LogP contribution in [0.2, 0.25) is 5.02 Å². The first kappa shape index (κ1) is 14.1. The van der Waals surface area contributed by atoms with Crippen LogP contribution in [-0.2, 0) is 4.79 Å². The van der Waals surface area contributed by atoms with Crippen molar-refractivity contribution in [3.63, 3.8) is 0 Å². The summed E-state index contributed by atoms with van der Waals surface area (Å²) in [6.45, 7) is 0.223. The molecular weight excluding hydrogens is 284 g/mol. The molecule has 1 aliphatic rings. The molecule has 0 bridgehead atoms. The molecule has 0 aliphatic heterocycles. The average molecular weight is 301 g/mol. The Kier molecular flexibility index (Phi) is 3.95. The number of benzene rings is 2. The van der Waals surface area contributed by atoms with Gasteiger partial charge in [-0.2, -0.15) is 0 Å². The maximum absolute atomic E-state index is 10.8. The molecule has 2 aromatic carbocycles. The van der Waals surface area contributed by atoms with Crippen LogP contribution in [-0.4, -0.2) is 18.5 Å². The van der Waals surface area contributed by atoms with Crippen molar-refractivity contribution in [2.75, 3.05) is 6.54 Å². The lowest BCUT2D eigenvalue weighted by atomic mass is 10.0. The van der Waals surface area contributed by atoms with Gasteiger partial charge in [0.1, 0.15) is 0 Å². The summed E-state index contributed by atoms with van der Waals surface area (Å²) in [6, 6.07) is 16.7. The van der Waals surface area contributed by atoms with Crippen molar-refractivity contribution in [2.24, 2.45) is 5.73 Å². The van der Waals surface area contributed by atoms with Gasteiger partial charge >= 0.3 is 0 Å². The summed E-state index contributed by atoms with van der Waals surface area (Å²) in [5.41, 5.74) is 8.55. The second-order valence-corrected chi connectivity index (χ2v) is 5.81. The van der Waals surface area contributed by atoms with Crippen LogP contribution < -0.4 is 11.1 Å². The van der Waals surface area contributed by atoms with Crippen molar-refractivity contribution in [2.45, 2.75) is 18.4 Å². The highest BCUT2D eigenvalue weighted by molar-refractivity contribution is 6.31. The number of primary amides is 1. The number of hydrogen-bond donors (Lipinski definition) is 2. The lowest BCUT2D eigenvalue weighted by Crippen LogP contribution is -2.30. The summed E-state index contributed by atoms with van der Waals surface area (Å²) in [6.07, 6.45) is 0.998. The van der Waals surface area contributed by atoms with E-state index >= 15 is 0 Å². The molecule has 0 aromatic heterocycles. The van der Waals surface area contributed by atoms with Crippen molar-refractivity contribution in [1.29, 1.82) is 0 Å². The van der Waals surface area contributed by atoms with Gasteiger partial charge in [-0.3, -0.25) is 4.79 Å². The first-order valence-corrected chi connectivity index (χ1v) is 7.39. The van der Waals surface area contributed by atoms with Gasteiger partial charge in [0.2, 0.25) is 5.91 Å². The Hall–Kier alpha value is -1.84. The molecule has 1 aliphatic carbocycles. The third-order valence-electron chi connectivity index (χ3n) is 3.84. The van der Waals surface area contributed by atoms with Crippen LogP contribution in [0, 0.1) is 0 Å². The van der Waals surface area contributed by atoms with Gasteiger partial charge in [0.15, 0.2) is 0 Å². The third kappa shape index (κ3) is 3.26. The molecule has 0 spiro atoms. The predicted octanol–water partition coefficient (Wildman–Crippen LogP) is 2.94. The standard InChI is InChI=1S/C17H17ClN2O/c18-15-8-12(11-4-2-1-3-5-11)6-7-13(15)14-9-16(14)20-10-17(19)21/h1-8,14,16,20H,9-10H2,(H2,19,21). The zero-order valence-corrected chi connectivity index (χ0v) is 12.3. The van der Waals surface area contributed by atoms with E-state index in [0.29, 0.717) is 12.0 Å². The highest BCUT2D eigenvalue weighted by Gasteiger charge is 2.39. The van der Waals surface area contributed by atoms with Crippen molar-refractivity contribution >= 4 is 17.5 Å². The third-order valence-corrected chi connectivity index (χ3v) is 4.16. The molecule has 108 valence electrons. The van der Waals surface area contributed by atoms with Gasteiger partial charge in [0.05, 0.1) is 6.54 Å². The molecule has 4 heteroatoms. The number of amides is 1. The molecular formula is C17H17ClN2O. The number of nitrogens with two attached hydrogens (primary N) is 1. The van der Waals surface area contributed by atoms with E-state index in [0.717, 1.165) is 28.1 Å². The number of halogens is 1. The fourth-order valence-electron chi connectivity index (χ4n) is 2.63. The maximum atomic E-state index is 10.8. The van der Waals surface area contributed by atoms with Gasteiger partial charge < -0.3 is 11.1 Å². The van der Waals surface area contributed by atoms with Crippen LogP contribution in [0.4, 0.5) is 0 Å². The zero-order valence-electron chi connectivity index (χ0n) is 11.6. The second kappa shape index (κ2) is 5.88. The highest BCUT2D eigenvalue weighted by Crippen LogP contribution is 2.44. The molecule has 1 saturated carbocycles. The number of hydrogen-bond acceptors (Lipinski definition) is 2. The number of carbonyl (C=O) groups excluding carboxylic acids is 1. The minimum atomic E-state index is -0.328. The van der Waals surface area contributed by atoms with Gasteiger partial charge in [-0.1, -0.05) is 54.1 Å². The number of carbonyl (C=O) groups is 1. The summed E-state index contributed by atoms with van der Waals surface area (Å²) >= 11 is 6.42. The monoisotopic (exact) mass is 300 g/mol. The molecule has 1 fully saturated rings. The molecule has 21 heavy (non-hydrogen) atoms. The van der Waals surface area contributed by atoms with E-state index < -0.39 is 0 Å². The van der Waals surface area contributed by atoms with Crippen molar-refractivity contribution in [3.05, 3.63) is 59.1 Å². The first-order valence-electron chi connectivity index (χ1n) is 7.01. The average Bonchev–Trinajstić information content (AvgIpc) is 3.25. The Balaban J connectivity index is 1.73. The Morgan fingerprint density at radius 3 is 2.62 bits per heavy atom. The van der Waals surface area contributed by atoms with Gasteiger partial charge in [-0.05, 0) is 29.2 Å². The minimum Gasteiger partial charge on any atom is -0.369 e. The summed E-state index contributed by atoms with van der Waals surface area (Å²) in [5.74, 6) is 0.0489. The molecule has 0 radical (unpaired) electrons. The Labute approximate surface area is 129 Å². The van der Waals surface area contributed by atoms with Crippen LogP contribution in [0.3, 0.4) is 0 Å². The topological polar surface area (TPSA) is 55.1 Å². The summed E-state index contributed by atoms with van der Waals surface area (Å²) in [7, 11) is 0. The molecule has 1 amide bonds. The summed E-state index contributed by atoms with van der Waals surface area (Å²) in [4.78, 5) is 10.8. The molecule has 2 unspecified atom stereocenters. The van der Waals surface area contributed by atoms with Crippen LogP contribution in [0.1, 0.15) is 17.9 Å². The Bertz CT molecular complexity index is 657. The smallest absolute Gasteiger partial charge is 0.231 e. The van der Waals surface area contributed by atoms with Crippen molar-refractivity contribution in [1.82, 2.24) is 5.32 Å². The van der Waals surface area contributed by atoms with Gasteiger partial charge in [-0.15, -0.1) is 0 Å². The molecule has 0 saturated heterocycles. The zero-order chi connectivity index (χ0) is 14.8.